The van der Waals surface area contributed by atoms with Crippen molar-refractivity contribution < 1.29 is 28.8 Å². The number of rotatable bonds is 3. The van der Waals surface area contributed by atoms with Crippen LogP contribution in [0.2, 0.25) is 0 Å². The first-order chi connectivity index (χ1) is 11.7. The third kappa shape index (κ3) is 3.14. The Hall–Kier alpha value is -2.70. The van der Waals surface area contributed by atoms with Crippen LogP contribution in [0.1, 0.15) is 54.3 Å². The number of ether oxygens (including phenoxy) is 1. The summed E-state index contributed by atoms with van der Waals surface area (Å²) in [5.41, 5.74) is -0.265. The molecule has 1 aliphatic heterocycles. The van der Waals surface area contributed by atoms with Crippen LogP contribution in [-0.4, -0.2) is 34.4 Å². The van der Waals surface area contributed by atoms with Gasteiger partial charge in [-0.1, -0.05) is 17.2 Å². The third-order valence-corrected chi connectivity index (χ3v) is 4.22. The maximum Gasteiger partial charge on any atom is 0.337 e. The normalized spacial score (nSPS) is 22.3. The van der Waals surface area contributed by atoms with Crippen molar-refractivity contribution in [1.29, 1.82) is 0 Å². The zero-order valence-corrected chi connectivity index (χ0v) is 14.3. The van der Waals surface area contributed by atoms with Gasteiger partial charge in [0.05, 0.1) is 23.0 Å². The highest BCUT2D eigenvalue weighted by atomic mass is 16.7. The van der Waals surface area contributed by atoms with Gasteiger partial charge in [-0.15, -0.1) is 0 Å². The molecule has 1 aromatic rings. The van der Waals surface area contributed by atoms with Crippen molar-refractivity contribution in [2.24, 2.45) is 11.8 Å². The Bertz CT molecular complexity index is 728. The minimum Gasteiger partial charge on any atom is -0.460 e. The summed E-state index contributed by atoms with van der Waals surface area (Å²) in [5, 5.41) is 0.470. The SMILES string of the molecule is CC(C)(C)OC(=O)[C@@H]1CC[C@@H]1C(=O)ON1C(=O)c2ccccc2C1=O. The Morgan fingerprint density at radius 2 is 1.44 bits per heavy atom. The summed E-state index contributed by atoms with van der Waals surface area (Å²) in [6, 6.07) is 6.24. The molecule has 25 heavy (non-hydrogen) atoms. The Morgan fingerprint density at radius 1 is 0.960 bits per heavy atom. The molecule has 1 heterocycles. The van der Waals surface area contributed by atoms with Crippen molar-refractivity contribution in [2.45, 2.75) is 39.2 Å². The number of fused-ring (bicyclic) bond motifs is 1. The molecule has 0 bridgehead atoms. The Labute approximate surface area is 144 Å². The summed E-state index contributed by atoms with van der Waals surface area (Å²) in [5.74, 6) is -3.91. The van der Waals surface area contributed by atoms with Crippen LogP contribution in [-0.2, 0) is 19.2 Å². The lowest BCUT2D eigenvalue weighted by Gasteiger charge is -2.35. The number of nitrogens with zero attached hydrogens (tertiary/aromatic N) is 1. The van der Waals surface area contributed by atoms with Crippen molar-refractivity contribution in [3.63, 3.8) is 0 Å². The fourth-order valence-electron chi connectivity index (χ4n) is 2.85. The summed E-state index contributed by atoms with van der Waals surface area (Å²) < 4.78 is 5.29. The number of carbonyl (C=O) groups excluding carboxylic acids is 4. The predicted molar refractivity (Wildman–Crippen MR) is 85.1 cm³/mol. The van der Waals surface area contributed by atoms with E-state index in [0.29, 0.717) is 17.9 Å². The quantitative estimate of drug-likeness (QED) is 0.616. The van der Waals surface area contributed by atoms with E-state index in [2.05, 4.69) is 0 Å². The van der Waals surface area contributed by atoms with E-state index in [0.717, 1.165) is 0 Å². The molecule has 1 saturated carbocycles. The van der Waals surface area contributed by atoms with Crippen LogP contribution in [0.4, 0.5) is 0 Å². The van der Waals surface area contributed by atoms with Gasteiger partial charge in [0.1, 0.15) is 5.60 Å². The summed E-state index contributed by atoms with van der Waals surface area (Å²) in [6.07, 6.45) is 0.961. The van der Waals surface area contributed by atoms with Crippen LogP contribution in [0.25, 0.3) is 0 Å². The fraction of sp³-hybridized carbons (Fsp3) is 0.444. The molecule has 132 valence electrons. The predicted octanol–water partition coefficient (Wildman–Crippen LogP) is 2.11. The van der Waals surface area contributed by atoms with Gasteiger partial charge in [-0.05, 0) is 45.7 Å². The van der Waals surface area contributed by atoms with Crippen molar-refractivity contribution in [1.82, 2.24) is 5.06 Å². The maximum atomic E-state index is 12.3. The van der Waals surface area contributed by atoms with E-state index < -0.39 is 41.2 Å². The van der Waals surface area contributed by atoms with Crippen LogP contribution >= 0.6 is 0 Å². The highest BCUT2D eigenvalue weighted by molar-refractivity contribution is 6.20. The highest BCUT2D eigenvalue weighted by Crippen LogP contribution is 2.37. The lowest BCUT2D eigenvalue weighted by molar-refractivity contribution is -0.187. The van der Waals surface area contributed by atoms with Crippen LogP contribution in [0, 0.1) is 11.8 Å². The standard InChI is InChI=1S/C18H19NO6/c1-18(2,3)24-16(22)12-8-9-13(12)17(23)25-19-14(20)10-6-4-5-7-11(10)15(19)21/h4-7,12-13H,8-9H2,1-3H3/t12-,13+/m1/s1. The summed E-state index contributed by atoms with van der Waals surface area (Å²) in [7, 11) is 0. The molecule has 0 N–H and O–H groups in total. The number of amides is 2. The molecule has 1 fully saturated rings. The molecule has 7 heteroatoms. The van der Waals surface area contributed by atoms with Gasteiger partial charge in [-0.3, -0.25) is 14.4 Å². The lowest BCUT2D eigenvalue weighted by atomic mass is 9.73. The first-order valence-electron chi connectivity index (χ1n) is 8.11. The number of esters is 1. The van der Waals surface area contributed by atoms with E-state index in [-0.39, 0.29) is 11.1 Å². The number of imide groups is 1. The second-order valence-electron chi connectivity index (χ2n) is 7.18. The van der Waals surface area contributed by atoms with Crippen LogP contribution in [0.5, 0.6) is 0 Å². The van der Waals surface area contributed by atoms with E-state index in [4.69, 9.17) is 9.57 Å². The van der Waals surface area contributed by atoms with Gasteiger partial charge in [-0.2, -0.15) is 0 Å². The molecule has 1 aromatic carbocycles. The van der Waals surface area contributed by atoms with Crippen molar-refractivity contribution >= 4 is 23.8 Å². The highest BCUT2D eigenvalue weighted by Gasteiger charge is 2.47. The Balaban J connectivity index is 1.67. The number of hydrogen-bond acceptors (Lipinski definition) is 6. The molecule has 2 amide bonds. The summed E-state index contributed by atoms with van der Waals surface area (Å²) >= 11 is 0. The number of hydrogen-bond donors (Lipinski definition) is 0. The monoisotopic (exact) mass is 345 g/mol. The number of benzene rings is 1. The van der Waals surface area contributed by atoms with Crippen LogP contribution in [0.15, 0.2) is 24.3 Å². The van der Waals surface area contributed by atoms with Crippen molar-refractivity contribution in [2.75, 3.05) is 0 Å². The van der Waals surface area contributed by atoms with Gasteiger partial charge in [0.2, 0.25) is 0 Å². The molecule has 0 radical (unpaired) electrons. The van der Waals surface area contributed by atoms with E-state index in [9.17, 15) is 19.2 Å². The van der Waals surface area contributed by atoms with Gasteiger partial charge < -0.3 is 9.57 Å². The third-order valence-electron chi connectivity index (χ3n) is 4.22. The average molecular weight is 345 g/mol. The van der Waals surface area contributed by atoms with E-state index >= 15 is 0 Å². The lowest BCUT2D eigenvalue weighted by Crippen LogP contribution is -2.45. The molecule has 3 rings (SSSR count). The maximum absolute atomic E-state index is 12.3. The zero-order valence-electron chi connectivity index (χ0n) is 14.3. The first-order valence-corrected chi connectivity index (χ1v) is 8.11. The zero-order chi connectivity index (χ0) is 18.4. The average Bonchev–Trinajstić information content (AvgIpc) is 2.70. The van der Waals surface area contributed by atoms with Crippen molar-refractivity contribution in [3.05, 3.63) is 35.4 Å². The largest absolute Gasteiger partial charge is 0.460 e. The summed E-state index contributed by atoms with van der Waals surface area (Å²) in [6.45, 7) is 5.24. The molecule has 0 aromatic heterocycles. The molecule has 2 aliphatic rings. The van der Waals surface area contributed by atoms with Gasteiger partial charge in [-0.25, -0.2) is 4.79 Å². The molecular formula is C18H19NO6. The van der Waals surface area contributed by atoms with Crippen LogP contribution in [0.3, 0.4) is 0 Å². The Kier molecular flexibility index (Phi) is 4.10. The second-order valence-corrected chi connectivity index (χ2v) is 7.18. The minimum absolute atomic E-state index is 0.192. The van der Waals surface area contributed by atoms with Gasteiger partial charge >= 0.3 is 11.9 Å². The Morgan fingerprint density at radius 3 is 1.88 bits per heavy atom. The smallest absolute Gasteiger partial charge is 0.337 e. The number of carbonyl (C=O) groups is 4. The molecule has 0 unspecified atom stereocenters. The molecule has 0 spiro atoms. The van der Waals surface area contributed by atoms with Gasteiger partial charge in [0, 0.05) is 0 Å². The van der Waals surface area contributed by atoms with E-state index in [1.165, 1.54) is 12.1 Å². The van der Waals surface area contributed by atoms with E-state index in [1.54, 1.807) is 32.9 Å². The molecule has 2 atom stereocenters. The van der Waals surface area contributed by atoms with Gasteiger partial charge in [0.25, 0.3) is 11.8 Å². The second kappa shape index (κ2) is 5.98. The minimum atomic E-state index is -0.767. The van der Waals surface area contributed by atoms with Crippen LogP contribution < -0.4 is 0 Å². The summed E-state index contributed by atoms with van der Waals surface area (Å²) in [4.78, 5) is 53.9. The molecular weight excluding hydrogens is 326 g/mol. The molecule has 1 aliphatic carbocycles. The number of hydroxylamine groups is 2. The van der Waals surface area contributed by atoms with Gasteiger partial charge in [0.15, 0.2) is 0 Å². The first kappa shape index (κ1) is 17.1. The van der Waals surface area contributed by atoms with Crippen molar-refractivity contribution in [3.8, 4) is 0 Å². The fourth-order valence-corrected chi connectivity index (χ4v) is 2.85. The molecule has 0 saturated heterocycles. The van der Waals surface area contributed by atoms with E-state index in [1.807, 2.05) is 0 Å². The topological polar surface area (TPSA) is 90.0 Å². The molecule has 7 nitrogen and oxygen atoms in total.